The highest BCUT2D eigenvalue weighted by atomic mass is 16.5. The Morgan fingerprint density at radius 1 is 1.07 bits per heavy atom. The van der Waals surface area contributed by atoms with E-state index in [-0.39, 0.29) is 35.4 Å². The molecular weight excluding hydrogens is 536 g/mol. The molecule has 6 aliphatic rings. The van der Waals surface area contributed by atoms with E-state index >= 15 is 0 Å². The maximum atomic E-state index is 12.8. The van der Waals surface area contributed by atoms with Gasteiger partial charge in [-0.25, -0.2) is 0 Å². The molecule has 1 aromatic heterocycles. The number of hydrogen-bond acceptors (Lipinski definition) is 5. The Morgan fingerprint density at radius 3 is 2.70 bits per heavy atom. The molecule has 7 nitrogen and oxygen atoms in total. The fourth-order valence-corrected chi connectivity index (χ4v) is 11.2. The third kappa shape index (κ3) is 4.97. The number of piperidine rings is 1. The Labute approximate surface area is 257 Å². The molecule has 3 saturated carbocycles. The normalized spacial score (nSPS) is 44.9. The van der Waals surface area contributed by atoms with Crippen molar-refractivity contribution < 1.29 is 14.3 Å². The summed E-state index contributed by atoms with van der Waals surface area (Å²) in [6.45, 7) is 11.4. The lowest BCUT2D eigenvalue weighted by Crippen LogP contribution is -2.57. The number of carbonyl (C=O) groups is 2. The van der Waals surface area contributed by atoms with Crippen LogP contribution in [0.4, 0.5) is 0 Å². The minimum Gasteiger partial charge on any atom is -0.357 e. The number of rotatable bonds is 5. The van der Waals surface area contributed by atoms with Gasteiger partial charge in [0, 0.05) is 24.7 Å². The van der Waals surface area contributed by atoms with Gasteiger partial charge in [0.05, 0.1) is 18.3 Å². The van der Waals surface area contributed by atoms with Crippen LogP contribution in [0.5, 0.6) is 0 Å². The second kappa shape index (κ2) is 11.0. The fraction of sp³-hybridized carbons (Fsp3) is 0.750. The Balaban J connectivity index is 0.975. The van der Waals surface area contributed by atoms with Gasteiger partial charge in [-0.05, 0) is 110 Å². The van der Waals surface area contributed by atoms with Crippen LogP contribution in [0.2, 0.25) is 0 Å². The molecule has 0 aromatic carbocycles. The number of allylic oxidation sites excluding steroid dienone is 1. The van der Waals surface area contributed by atoms with Gasteiger partial charge in [-0.15, -0.1) is 0 Å². The van der Waals surface area contributed by atoms with E-state index in [0.717, 1.165) is 61.6 Å². The summed E-state index contributed by atoms with van der Waals surface area (Å²) >= 11 is 0. The van der Waals surface area contributed by atoms with Crippen molar-refractivity contribution in [1.82, 2.24) is 20.9 Å². The van der Waals surface area contributed by atoms with E-state index < -0.39 is 0 Å². The van der Waals surface area contributed by atoms with Crippen molar-refractivity contribution in [2.75, 3.05) is 6.54 Å². The molecule has 0 bridgehead atoms. The summed E-state index contributed by atoms with van der Waals surface area (Å²) in [5.74, 6) is 3.72. The summed E-state index contributed by atoms with van der Waals surface area (Å²) in [5.41, 5.74) is 2.83. The Kier molecular flexibility index (Phi) is 7.52. The summed E-state index contributed by atoms with van der Waals surface area (Å²) in [5, 5.41) is 9.91. The van der Waals surface area contributed by atoms with Crippen molar-refractivity contribution in [2.24, 2.45) is 46.3 Å². The average molecular weight is 589 g/mol. The second-order valence-electron chi connectivity index (χ2n) is 15.7. The number of fused-ring (bicyclic) bond motifs is 7. The van der Waals surface area contributed by atoms with Crippen LogP contribution in [-0.4, -0.2) is 41.2 Å². The molecular formula is C36H52N4O3. The van der Waals surface area contributed by atoms with Crippen molar-refractivity contribution in [2.45, 2.75) is 116 Å². The van der Waals surface area contributed by atoms with Gasteiger partial charge in [0.25, 0.3) is 0 Å². The Hall–Kier alpha value is -2.25. The predicted molar refractivity (Wildman–Crippen MR) is 166 cm³/mol. The number of carbonyl (C=O) groups excluding carboxylic acids is 2. The Morgan fingerprint density at radius 2 is 1.93 bits per heavy atom. The molecule has 5 fully saturated rings. The van der Waals surface area contributed by atoms with Crippen molar-refractivity contribution in [3.8, 4) is 0 Å². The van der Waals surface area contributed by atoms with Crippen molar-refractivity contribution in [1.29, 1.82) is 0 Å². The zero-order valence-corrected chi connectivity index (χ0v) is 26.7. The number of pyridine rings is 1. The van der Waals surface area contributed by atoms with Crippen molar-refractivity contribution >= 4 is 11.8 Å². The summed E-state index contributed by atoms with van der Waals surface area (Å²) in [6, 6.07) is 5.72. The van der Waals surface area contributed by atoms with Crippen LogP contribution in [0.1, 0.15) is 97.6 Å². The van der Waals surface area contributed by atoms with E-state index in [1.165, 1.54) is 32.1 Å². The maximum absolute atomic E-state index is 12.8. The van der Waals surface area contributed by atoms with Crippen LogP contribution in [0.3, 0.4) is 0 Å². The van der Waals surface area contributed by atoms with Crippen LogP contribution in [0.15, 0.2) is 36.0 Å². The zero-order valence-electron chi connectivity index (χ0n) is 26.7. The SMILES string of the molecule is C[C@@H]1CC[C@@]2(NC1)O[C@H]1C[C@H]3[C@@H]4CC=C5C[C@H](NC(=O)CC(=O)NCc6ccccn6)CC[C@]5(C)[C@H]4CC[C@]3(C)[C@H]1[C@@H]2C. The fourth-order valence-electron chi connectivity index (χ4n) is 11.2. The molecule has 43 heavy (non-hydrogen) atoms. The molecule has 11 atom stereocenters. The van der Waals surface area contributed by atoms with Gasteiger partial charge in [-0.1, -0.05) is 45.4 Å². The lowest BCUT2D eigenvalue weighted by Gasteiger charge is -2.58. The van der Waals surface area contributed by atoms with Crippen molar-refractivity contribution in [3.63, 3.8) is 0 Å². The topological polar surface area (TPSA) is 92.4 Å². The first-order valence-corrected chi connectivity index (χ1v) is 17.2. The number of nitrogens with zero attached hydrogens (tertiary/aromatic N) is 1. The smallest absolute Gasteiger partial charge is 0.229 e. The van der Waals surface area contributed by atoms with Gasteiger partial charge in [0.15, 0.2) is 0 Å². The molecule has 2 amide bonds. The highest BCUT2D eigenvalue weighted by Crippen LogP contribution is 2.70. The van der Waals surface area contributed by atoms with Crippen LogP contribution in [0.25, 0.3) is 0 Å². The van der Waals surface area contributed by atoms with Gasteiger partial charge in [0.1, 0.15) is 12.1 Å². The molecule has 2 aliphatic heterocycles. The molecule has 234 valence electrons. The van der Waals surface area contributed by atoms with Crippen LogP contribution < -0.4 is 16.0 Å². The standard InChI is InChI=1S/C36H52N4O3/c1-22-10-15-36(39-20-22)23(2)33-30(43-36)18-29-27-9-8-24-17-25(11-13-34(24,3)28(27)12-14-35(29,33)4)40-32(42)19-31(41)38-21-26-7-5-6-16-37-26/h5-8,16,22-23,25,27-30,33,39H,9-15,17-21H2,1-4H3,(H,38,41)(H,40,42)/t22-,23+,25-,27-,28+,29+,30+,33+,34+,35+,36-/m1/s1. The minimum atomic E-state index is -0.256. The third-order valence-electron chi connectivity index (χ3n) is 13.5. The van der Waals surface area contributed by atoms with Crippen LogP contribution in [0, 0.1) is 46.3 Å². The van der Waals surface area contributed by atoms with E-state index in [0.29, 0.717) is 29.9 Å². The summed E-state index contributed by atoms with van der Waals surface area (Å²) in [6.07, 6.45) is 15.0. The lowest BCUT2D eigenvalue weighted by atomic mass is 9.46. The molecule has 7 heteroatoms. The molecule has 2 saturated heterocycles. The molecule has 3 N–H and O–H groups in total. The van der Waals surface area contributed by atoms with Crippen LogP contribution in [-0.2, 0) is 20.9 Å². The quantitative estimate of drug-likeness (QED) is 0.312. The van der Waals surface area contributed by atoms with Gasteiger partial charge < -0.3 is 15.4 Å². The molecule has 1 spiro atoms. The van der Waals surface area contributed by atoms with E-state index in [1.807, 2.05) is 18.2 Å². The summed E-state index contributed by atoms with van der Waals surface area (Å²) in [4.78, 5) is 29.4. The number of ether oxygens (including phenoxy) is 1. The largest absolute Gasteiger partial charge is 0.357 e. The predicted octanol–water partition coefficient (Wildman–Crippen LogP) is 5.51. The monoisotopic (exact) mass is 588 g/mol. The van der Waals surface area contributed by atoms with Gasteiger partial charge in [-0.2, -0.15) is 0 Å². The van der Waals surface area contributed by atoms with E-state index in [9.17, 15) is 9.59 Å². The molecule has 0 unspecified atom stereocenters. The highest BCUT2D eigenvalue weighted by Gasteiger charge is 2.68. The van der Waals surface area contributed by atoms with Crippen LogP contribution >= 0.6 is 0 Å². The molecule has 3 heterocycles. The minimum absolute atomic E-state index is 0.0963. The first-order valence-electron chi connectivity index (χ1n) is 17.2. The van der Waals surface area contributed by atoms with Gasteiger partial charge in [0.2, 0.25) is 11.8 Å². The molecule has 0 radical (unpaired) electrons. The molecule has 7 rings (SSSR count). The summed E-state index contributed by atoms with van der Waals surface area (Å²) in [7, 11) is 0. The number of aromatic nitrogens is 1. The molecule has 1 aromatic rings. The maximum Gasteiger partial charge on any atom is 0.229 e. The lowest BCUT2D eigenvalue weighted by molar-refractivity contribution is -0.130. The Bertz CT molecular complexity index is 1260. The first-order chi connectivity index (χ1) is 20.6. The zero-order chi connectivity index (χ0) is 30.0. The molecule has 4 aliphatic carbocycles. The first kappa shape index (κ1) is 29.5. The van der Waals surface area contributed by atoms with Gasteiger partial charge >= 0.3 is 0 Å². The van der Waals surface area contributed by atoms with E-state index in [2.05, 4.69) is 54.7 Å². The highest BCUT2D eigenvalue weighted by molar-refractivity contribution is 5.96. The summed E-state index contributed by atoms with van der Waals surface area (Å²) < 4.78 is 7.06. The number of hydrogen-bond donors (Lipinski definition) is 3. The number of nitrogens with one attached hydrogen (secondary N) is 3. The van der Waals surface area contributed by atoms with E-state index in [1.54, 1.807) is 11.8 Å². The average Bonchev–Trinajstić information content (AvgIpc) is 3.44. The van der Waals surface area contributed by atoms with Crippen molar-refractivity contribution in [3.05, 3.63) is 41.7 Å². The van der Waals surface area contributed by atoms with E-state index in [4.69, 9.17) is 4.74 Å². The van der Waals surface area contributed by atoms with Gasteiger partial charge in [-0.3, -0.25) is 19.9 Å². The third-order valence-corrected chi connectivity index (χ3v) is 13.5. The number of amides is 2. The second-order valence-corrected chi connectivity index (χ2v) is 15.7.